The van der Waals surface area contributed by atoms with Crippen LogP contribution in [0.5, 0.6) is 0 Å². The molecule has 0 atom stereocenters. The van der Waals surface area contributed by atoms with Crippen molar-refractivity contribution in [2.75, 3.05) is 25.0 Å². The molecule has 1 amide bonds. The van der Waals surface area contributed by atoms with E-state index in [1.54, 1.807) is 0 Å². The maximum Gasteiger partial charge on any atom is 0.222 e. The molecule has 0 bridgehead atoms. The number of guanidine groups is 1. The molecule has 1 aliphatic rings. The Balaban J connectivity index is 0.00000242. The second-order valence-electron chi connectivity index (χ2n) is 5.53. The van der Waals surface area contributed by atoms with Gasteiger partial charge in [0.2, 0.25) is 5.91 Å². The fraction of sp³-hybridized carbons (Fsp3) is 0.500. The normalized spacial score (nSPS) is 14.9. The van der Waals surface area contributed by atoms with Crippen molar-refractivity contribution in [2.45, 2.75) is 33.1 Å². The van der Waals surface area contributed by atoms with Crippen LogP contribution in [-0.4, -0.2) is 36.4 Å². The minimum Gasteiger partial charge on any atom is -0.370 e. The third kappa shape index (κ3) is 5.47. The average molecular weight is 416 g/mol. The molecular formula is C16H25IN4O. The Morgan fingerprint density at radius 1 is 1.36 bits per heavy atom. The Morgan fingerprint density at radius 3 is 2.77 bits per heavy atom. The Kier molecular flexibility index (Phi) is 7.64. The lowest BCUT2D eigenvalue weighted by atomic mass is 10.1. The molecule has 0 saturated carbocycles. The third-order valence-electron chi connectivity index (χ3n) is 3.82. The van der Waals surface area contributed by atoms with Gasteiger partial charge in [0.1, 0.15) is 0 Å². The third-order valence-corrected chi connectivity index (χ3v) is 3.82. The standard InChI is InChI=1S/C16H24N4O.HI/c1-12-6-7-14(11-13(12)2)19-16(17)18-8-4-10-20-9-3-5-15(20)21;/h6-7,11H,3-5,8-10H2,1-2H3,(H3,17,18,19);1H. The molecular weight excluding hydrogens is 391 g/mol. The molecule has 2 rings (SSSR count). The number of nitrogens with zero attached hydrogens (tertiary/aromatic N) is 2. The van der Waals surface area contributed by atoms with Crippen LogP contribution in [0.4, 0.5) is 5.69 Å². The van der Waals surface area contributed by atoms with Crippen LogP contribution in [0.15, 0.2) is 23.2 Å². The number of anilines is 1. The Hall–Kier alpha value is -1.31. The van der Waals surface area contributed by atoms with Crippen LogP contribution in [0, 0.1) is 13.8 Å². The highest BCUT2D eigenvalue weighted by molar-refractivity contribution is 14.0. The number of carbonyl (C=O) groups excluding carboxylic acids is 1. The number of benzene rings is 1. The van der Waals surface area contributed by atoms with Crippen molar-refractivity contribution in [3.05, 3.63) is 29.3 Å². The van der Waals surface area contributed by atoms with Gasteiger partial charge in [-0.25, -0.2) is 0 Å². The molecule has 1 aromatic carbocycles. The summed E-state index contributed by atoms with van der Waals surface area (Å²) in [6.45, 7) is 6.45. The molecule has 0 aliphatic carbocycles. The molecule has 122 valence electrons. The monoisotopic (exact) mass is 416 g/mol. The van der Waals surface area contributed by atoms with E-state index in [0.29, 0.717) is 18.9 Å². The second kappa shape index (κ2) is 8.97. The molecule has 0 spiro atoms. The maximum absolute atomic E-state index is 11.5. The fourth-order valence-electron chi connectivity index (χ4n) is 2.41. The van der Waals surface area contributed by atoms with Gasteiger partial charge in [-0.05, 0) is 49.9 Å². The minimum atomic E-state index is 0. The molecule has 1 aromatic rings. The van der Waals surface area contributed by atoms with E-state index in [1.165, 1.54) is 11.1 Å². The summed E-state index contributed by atoms with van der Waals surface area (Å²) in [5.74, 6) is 0.686. The van der Waals surface area contributed by atoms with E-state index in [1.807, 2.05) is 11.0 Å². The number of halogens is 1. The Bertz CT molecular complexity index is 545. The molecule has 1 saturated heterocycles. The van der Waals surface area contributed by atoms with E-state index in [-0.39, 0.29) is 29.9 Å². The number of nitrogens with one attached hydrogen (secondary N) is 1. The lowest BCUT2D eigenvalue weighted by Gasteiger charge is -2.14. The summed E-state index contributed by atoms with van der Waals surface area (Å²) in [6, 6.07) is 6.11. The van der Waals surface area contributed by atoms with Crippen LogP contribution in [0.1, 0.15) is 30.4 Å². The molecule has 0 unspecified atom stereocenters. The van der Waals surface area contributed by atoms with E-state index < -0.39 is 0 Å². The predicted octanol–water partition coefficient (Wildman–Crippen LogP) is 2.66. The van der Waals surface area contributed by atoms with Gasteiger partial charge in [-0.3, -0.25) is 9.79 Å². The van der Waals surface area contributed by atoms with E-state index >= 15 is 0 Å². The van der Waals surface area contributed by atoms with E-state index in [0.717, 1.165) is 31.6 Å². The second-order valence-corrected chi connectivity index (χ2v) is 5.53. The maximum atomic E-state index is 11.5. The summed E-state index contributed by atoms with van der Waals surface area (Å²) in [7, 11) is 0. The lowest BCUT2D eigenvalue weighted by molar-refractivity contribution is -0.127. The molecule has 22 heavy (non-hydrogen) atoms. The number of rotatable bonds is 5. The number of hydrogen-bond acceptors (Lipinski definition) is 2. The summed E-state index contributed by atoms with van der Waals surface area (Å²) in [4.78, 5) is 17.7. The van der Waals surface area contributed by atoms with Gasteiger partial charge < -0.3 is 16.0 Å². The highest BCUT2D eigenvalue weighted by Crippen LogP contribution is 2.13. The molecule has 5 nitrogen and oxygen atoms in total. The summed E-state index contributed by atoms with van der Waals surface area (Å²) in [6.07, 6.45) is 2.53. The Morgan fingerprint density at radius 2 is 2.14 bits per heavy atom. The zero-order chi connectivity index (χ0) is 15.2. The van der Waals surface area contributed by atoms with Crippen molar-refractivity contribution in [3.63, 3.8) is 0 Å². The van der Waals surface area contributed by atoms with Gasteiger partial charge in [-0.1, -0.05) is 6.07 Å². The van der Waals surface area contributed by atoms with Crippen LogP contribution in [-0.2, 0) is 4.79 Å². The number of hydrogen-bond donors (Lipinski definition) is 2. The number of aliphatic imine (C=N–C) groups is 1. The number of nitrogens with two attached hydrogens (primary N) is 1. The van der Waals surface area contributed by atoms with Crippen LogP contribution in [0.25, 0.3) is 0 Å². The predicted molar refractivity (Wildman–Crippen MR) is 102 cm³/mol. The molecule has 6 heteroatoms. The largest absolute Gasteiger partial charge is 0.370 e. The molecule has 1 fully saturated rings. The van der Waals surface area contributed by atoms with Gasteiger partial charge in [-0.15, -0.1) is 24.0 Å². The van der Waals surface area contributed by atoms with Gasteiger partial charge in [0, 0.05) is 31.7 Å². The van der Waals surface area contributed by atoms with Crippen molar-refractivity contribution >= 4 is 41.5 Å². The smallest absolute Gasteiger partial charge is 0.222 e. The zero-order valence-corrected chi connectivity index (χ0v) is 15.6. The number of aryl methyl sites for hydroxylation is 2. The van der Waals surface area contributed by atoms with Crippen molar-refractivity contribution in [1.82, 2.24) is 4.90 Å². The summed E-state index contributed by atoms with van der Waals surface area (Å²) in [5.41, 5.74) is 9.30. The van der Waals surface area contributed by atoms with Gasteiger partial charge in [-0.2, -0.15) is 0 Å². The zero-order valence-electron chi connectivity index (χ0n) is 13.3. The van der Waals surface area contributed by atoms with Crippen molar-refractivity contribution in [3.8, 4) is 0 Å². The van der Waals surface area contributed by atoms with Crippen molar-refractivity contribution in [2.24, 2.45) is 10.7 Å². The fourth-order valence-corrected chi connectivity index (χ4v) is 2.41. The van der Waals surface area contributed by atoms with Gasteiger partial charge in [0.15, 0.2) is 5.96 Å². The van der Waals surface area contributed by atoms with Crippen molar-refractivity contribution in [1.29, 1.82) is 0 Å². The van der Waals surface area contributed by atoms with E-state index in [4.69, 9.17) is 5.73 Å². The molecule has 1 heterocycles. The Labute approximate surface area is 149 Å². The van der Waals surface area contributed by atoms with E-state index in [9.17, 15) is 4.79 Å². The quantitative estimate of drug-likeness (QED) is 0.336. The first kappa shape index (κ1) is 18.7. The summed E-state index contributed by atoms with van der Waals surface area (Å²) >= 11 is 0. The lowest BCUT2D eigenvalue weighted by Crippen LogP contribution is -2.27. The number of carbonyl (C=O) groups is 1. The highest BCUT2D eigenvalue weighted by Gasteiger charge is 2.18. The van der Waals surface area contributed by atoms with Crippen LogP contribution < -0.4 is 11.1 Å². The van der Waals surface area contributed by atoms with Gasteiger partial charge in [0.05, 0.1) is 0 Å². The first-order valence-corrected chi connectivity index (χ1v) is 7.48. The SMILES string of the molecule is Cc1ccc(NC(N)=NCCCN2CCCC2=O)cc1C.I. The molecule has 1 aliphatic heterocycles. The van der Waals surface area contributed by atoms with Gasteiger partial charge in [0.25, 0.3) is 0 Å². The summed E-state index contributed by atoms with van der Waals surface area (Å²) < 4.78 is 0. The number of likely N-dealkylation sites (tertiary alicyclic amines) is 1. The molecule has 0 radical (unpaired) electrons. The average Bonchev–Trinajstić information content (AvgIpc) is 2.85. The van der Waals surface area contributed by atoms with Crippen molar-refractivity contribution < 1.29 is 4.79 Å². The first-order valence-electron chi connectivity index (χ1n) is 7.48. The topological polar surface area (TPSA) is 70.7 Å². The van der Waals surface area contributed by atoms with Crippen LogP contribution >= 0.6 is 24.0 Å². The minimum absolute atomic E-state index is 0. The first-order chi connectivity index (χ1) is 10.1. The van der Waals surface area contributed by atoms with Crippen LogP contribution in [0.2, 0.25) is 0 Å². The van der Waals surface area contributed by atoms with Crippen LogP contribution in [0.3, 0.4) is 0 Å². The van der Waals surface area contributed by atoms with E-state index in [2.05, 4.69) is 36.3 Å². The number of amides is 1. The van der Waals surface area contributed by atoms with Gasteiger partial charge >= 0.3 is 0 Å². The molecule has 3 N–H and O–H groups in total. The molecule has 0 aromatic heterocycles. The summed E-state index contributed by atoms with van der Waals surface area (Å²) in [5, 5.41) is 3.09. The highest BCUT2D eigenvalue weighted by atomic mass is 127.